The van der Waals surface area contributed by atoms with Crippen molar-refractivity contribution in [3.8, 4) is 5.69 Å². The fourth-order valence-corrected chi connectivity index (χ4v) is 4.74. The van der Waals surface area contributed by atoms with Gasteiger partial charge in [0.1, 0.15) is 5.25 Å². The summed E-state index contributed by atoms with van der Waals surface area (Å²) in [5, 5.41) is 0.415. The van der Waals surface area contributed by atoms with E-state index in [-0.39, 0.29) is 11.5 Å². The van der Waals surface area contributed by atoms with E-state index in [4.69, 9.17) is 9.72 Å². The van der Waals surface area contributed by atoms with E-state index in [1.807, 2.05) is 31.2 Å². The second-order valence-corrected chi connectivity index (χ2v) is 8.82. The lowest BCUT2D eigenvalue weighted by Crippen LogP contribution is -2.25. The maximum absolute atomic E-state index is 13.1. The summed E-state index contributed by atoms with van der Waals surface area (Å²) < 4.78 is 6.41. The van der Waals surface area contributed by atoms with Crippen LogP contribution in [0.2, 0.25) is 0 Å². The Bertz CT molecular complexity index is 862. The van der Waals surface area contributed by atoms with Crippen LogP contribution in [-0.2, 0) is 16.0 Å². The second-order valence-electron chi connectivity index (χ2n) is 6.06. The molecule has 2 aromatic rings. The van der Waals surface area contributed by atoms with Crippen molar-refractivity contribution in [2.24, 2.45) is 0 Å². The highest BCUT2D eigenvalue weighted by molar-refractivity contribution is 8.00. The lowest BCUT2D eigenvalue weighted by Gasteiger charge is -2.16. The van der Waals surface area contributed by atoms with Gasteiger partial charge in [-0.15, -0.1) is 11.8 Å². The summed E-state index contributed by atoms with van der Waals surface area (Å²) in [5.41, 5.74) is 2.63. The number of fused-ring (bicyclic) bond motifs is 1. The number of ether oxygens (including phenoxy) is 1. The molecule has 5 nitrogen and oxygen atoms in total. The molecule has 0 saturated heterocycles. The van der Waals surface area contributed by atoms with Gasteiger partial charge < -0.3 is 4.74 Å². The van der Waals surface area contributed by atoms with E-state index in [0.717, 1.165) is 23.4 Å². The van der Waals surface area contributed by atoms with E-state index >= 15 is 0 Å². The third-order valence-electron chi connectivity index (χ3n) is 3.99. The van der Waals surface area contributed by atoms with Gasteiger partial charge in [0.05, 0.1) is 23.4 Å². The van der Waals surface area contributed by atoms with E-state index in [1.165, 1.54) is 18.9 Å². The highest BCUT2D eigenvalue weighted by Gasteiger charge is 2.28. The number of nitrogens with zero attached hydrogens (tertiary/aromatic N) is 2. The molecule has 1 aliphatic rings. The topological polar surface area (TPSA) is 61.2 Å². The van der Waals surface area contributed by atoms with Crippen molar-refractivity contribution in [3.63, 3.8) is 0 Å². The molecule has 2 atom stereocenters. The zero-order chi connectivity index (χ0) is 18.1. The molecule has 7 heteroatoms. The first kappa shape index (κ1) is 18.1. The van der Waals surface area contributed by atoms with Crippen LogP contribution in [0.25, 0.3) is 5.69 Å². The molecule has 0 amide bonds. The summed E-state index contributed by atoms with van der Waals surface area (Å²) >= 11 is 2.82. The molecule has 0 fully saturated rings. The molecule has 1 aromatic carbocycles. The van der Waals surface area contributed by atoms with Gasteiger partial charge in [0.15, 0.2) is 5.16 Å². The first-order valence-corrected chi connectivity index (χ1v) is 9.80. The Hall–Kier alpha value is -1.73. The van der Waals surface area contributed by atoms with Crippen LogP contribution in [-0.4, -0.2) is 33.1 Å². The van der Waals surface area contributed by atoms with Crippen molar-refractivity contribution in [3.05, 3.63) is 45.9 Å². The lowest BCUT2D eigenvalue weighted by atomic mass is 10.2. The number of esters is 1. The van der Waals surface area contributed by atoms with Crippen LogP contribution in [0.5, 0.6) is 0 Å². The van der Waals surface area contributed by atoms with Gasteiger partial charge in [-0.3, -0.25) is 14.2 Å². The molecule has 0 N–H and O–H groups in total. The van der Waals surface area contributed by atoms with Crippen LogP contribution in [0.4, 0.5) is 0 Å². The molecule has 1 aromatic heterocycles. The predicted molar refractivity (Wildman–Crippen MR) is 101 cm³/mol. The number of aromatic nitrogens is 2. The normalized spacial score (nSPS) is 17.2. The van der Waals surface area contributed by atoms with Gasteiger partial charge >= 0.3 is 5.97 Å². The summed E-state index contributed by atoms with van der Waals surface area (Å²) in [6.45, 7) is 5.85. The maximum atomic E-state index is 13.1. The van der Waals surface area contributed by atoms with Crippen LogP contribution in [0.1, 0.15) is 25.1 Å². The van der Waals surface area contributed by atoms with E-state index in [2.05, 4.69) is 6.92 Å². The summed E-state index contributed by atoms with van der Waals surface area (Å²) in [7, 11) is 1.36. The van der Waals surface area contributed by atoms with Crippen molar-refractivity contribution in [2.75, 3.05) is 7.11 Å². The second kappa shape index (κ2) is 7.25. The molecule has 25 heavy (non-hydrogen) atoms. The van der Waals surface area contributed by atoms with Crippen molar-refractivity contribution in [2.45, 2.75) is 47.7 Å². The number of hydrogen-bond donors (Lipinski definition) is 0. The van der Waals surface area contributed by atoms with Gasteiger partial charge in [-0.05, 0) is 26.0 Å². The molecule has 0 unspecified atom stereocenters. The molecule has 0 radical (unpaired) electrons. The average molecular weight is 377 g/mol. The number of aryl methyl sites for hydroxylation is 1. The van der Waals surface area contributed by atoms with Gasteiger partial charge in [-0.25, -0.2) is 4.98 Å². The molecule has 2 heterocycles. The van der Waals surface area contributed by atoms with Crippen LogP contribution >= 0.6 is 23.5 Å². The monoisotopic (exact) mass is 376 g/mol. The predicted octanol–water partition coefficient (Wildman–Crippen LogP) is 3.23. The molecule has 0 aliphatic carbocycles. The Morgan fingerprint density at radius 3 is 2.72 bits per heavy atom. The number of benzene rings is 1. The number of carbonyl (C=O) groups is 1. The third kappa shape index (κ3) is 3.62. The number of methoxy groups -OCH3 is 1. The molecule has 0 spiro atoms. The Kier molecular flexibility index (Phi) is 5.24. The zero-order valence-corrected chi connectivity index (χ0v) is 16.2. The molecule has 132 valence electrons. The van der Waals surface area contributed by atoms with E-state index in [9.17, 15) is 9.59 Å². The Morgan fingerprint density at radius 2 is 2.08 bits per heavy atom. The first-order chi connectivity index (χ1) is 11.9. The minimum absolute atomic E-state index is 0.0669. The molecular weight excluding hydrogens is 356 g/mol. The fourth-order valence-electron chi connectivity index (χ4n) is 2.67. The Balaban J connectivity index is 2.13. The number of thioether (sulfide) groups is 2. The number of carbonyl (C=O) groups excluding carboxylic acids is 1. The van der Waals surface area contributed by atoms with Crippen LogP contribution in [0.15, 0.2) is 39.1 Å². The summed E-state index contributed by atoms with van der Waals surface area (Å²) in [4.78, 5) is 30.4. The van der Waals surface area contributed by atoms with Crippen molar-refractivity contribution in [1.29, 1.82) is 0 Å². The van der Waals surface area contributed by atoms with Crippen LogP contribution < -0.4 is 5.56 Å². The SMILES string of the molecule is COC(=O)[C@H](C)Sc1nc2c(c(=O)n1-c1ccc(C)cc1)S[C@H](C)C2. The smallest absolute Gasteiger partial charge is 0.318 e. The van der Waals surface area contributed by atoms with E-state index < -0.39 is 5.25 Å². The zero-order valence-electron chi connectivity index (χ0n) is 14.6. The minimum Gasteiger partial charge on any atom is -0.468 e. The van der Waals surface area contributed by atoms with Crippen molar-refractivity contribution in [1.82, 2.24) is 9.55 Å². The van der Waals surface area contributed by atoms with E-state index in [0.29, 0.717) is 15.3 Å². The highest BCUT2D eigenvalue weighted by atomic mass is 32.2. The number of hydrogen-bond acceptors (Lipinski definition) is 6. The largest absolute Gasteiger partial charge is 0.468 e. The van der Waals surface area contributed by atoms with Gasteiger partial charge in [0.2, 0.25) is 0 Å². The highest BCUT2D eigenvalue weighted by Crippen LogP contribution is 2.35. The van der Waals surface area contributed by atoms with Gasteiger partial charge in [-0.2, -0.15) is 0 Å². The summed E-state index contributed by atoms with van der Waals surface area (Å²) in [5.74, 6) is -0.335. The maximum Gasteiger partial charge on any atom is 0.318 e. The van der Waals surface area contributed by atoms with Crippen molar-refractivity contribution < 1.29 is 9.53 Å². The molecule has 0 saturated carbocycles. The number of rotatable bonds is 4. The standard InChI is InChI=1S/C18H20N2O3S2/c1-10-5-7-13(8-6-10)20-16(21)15-14(9-11(2)24-15)19-18(20)25-12(3)17(22)23-4/h5-8,11-12H,9H2,1-4H3/t11-,12+/m1/s1. The summed E-state index contributed by atoms with van der Waals surface area (Å²) in [6.07, 6.45) is 0.768. The van der Waals surface area contributed by atoms with Gasteiger partial charge in [0, 0.05) is 11.7 Å². The summed E-state index contributed by atoms with van der Waals surface area (Å²) in [6, 6.07) is 7.73. The molecule has 0 bridgehead atoms. The van der Waals surface area contributed by atoms with Crippen molar-refractivity contribution >= 4 is 29.5 Å². The van der Waals surface area contributed by atoms with Gasteiger partial charge in [-0.1, -0.05) is 36.4 Å². The molecule has 3 rings (SSSR count). The Labute approximate surface area is 155 Å². The quantitative estimate of drug-likeness (QED) is 0.464. The van der Waals surface area contributed by atoms with E-state index in [1.54, 1.807) is 23.3 Å². The van der Waals surface area contributed by atoms with Crippen LogP contribution in [0.3, 0.4) is 0 Å². The minimum atomic E-state index is -0.446. The molecular formula is C18H20N2O3S2. The van der Waals surface area contributed by atoms with Crippen LogP contribution in [0, 0.1) is 6.92 Å². The third-order valence-corrected chi connectivity index (χ3v) is 6.23. The van der Waals surface area contributed by atoms with Gasteiger partial charge in [0.25, 0.3) is 5.56 Å². The molecule has 1 aliphatic heterocycles. The Morgan fingerprint density at radius 1 is 1.40 bits per heavy atom. The average Bonchev–Trinajstić information content (AvgIpc) is 2.96. The first-order valence-electron chi connectivity index (χ1n) is 8.04. The lowest BCUT2D eigenvalue weighted by molar-refractivity contribution is -0.139. The fraction of sp³-hybridized carbons (Fsp3) is 0.389.